The maximum atomic E-state index is 11.5. The molecule has 0 spiro atoms. The fourth-order valence-corrected chi connectivity index (χ4v) is 1.81. The normalized spacial score (nSPS) is 10.4. The quantitative estimate of drug-likeness (QED) is 0.838. The Labute approximate surface area is 102 Å². The molecule has 1 aromatic heterocycles. The highest BCUT2D eigenvalue weighted by molar-refractivity contribution is 6.31. The van der Waals surface area contributed by atoms with Gasteiger partial charge in [0.25, 0.3) is 0 Å². The number of aromatic amines is 1. The molecule has 1 N–H and O–H groups in total. The number of rotatable bonds is 3. The molecule has 2 rings (SSSR count). The number of halogens is 1. The van der Waals surface area contributed by atoms with Gasteiger partial charge >= 0.3 is 11.1 Å². The zero-order valence-electron chi connectivity index (χ0n) is 9.02. The van der Waals surface area contributed by atoms with Crippen molar-refractivity contribution in [2.75, 3.05) is 0 Å². The Kier molecular flexibility index (Phi) is 3.44. The van der Waals surface area contributed by atoms with Crippen molar-refractivity contribution >= 4 is 11.6 Å². The highest BCUT2D eigenvalue weighted by atomic mass is 35.5. The van der Waals surface area contributed by atoms with Crippen molar-refractivity contribution < 1.29 is 0 Å². The lowest BCUT2D eigenvalue weighted by Gasteiger charge is -2.05. The van der Waals surface area contributed by atoms with E-state index in [-0.39, 0.29) is 0 Å². The lowest BCUT2D eigenvalue weighted by molar-refractivity contribution is 0.656. The Morgan fingerprint density at radius 3 is 2.76 bits per heavy atom. The summed E-state index contributed by atoms with van der Waals surface area (Å²) < 4.78 is 1.38. The van der Waals surface area contributed by atoms with Crippen LogP contribution in [0.2, 0.25) is 5.02 Å². The molecule has 0 amide bonds. The molecular formula is C12H11ClN2O2. The van der Waals surface area contributed by atoms with E-state index in [0.717, 1.165) is 5.56 Å². The van der Waals surface area contributed by atoms with E-state index < -0.39 is 11.1 Å². The van der Waals surface area contributed by atoms with E-state index in [0.29, 0.717) is 18.0 Å². The van der Waals surface area contributed by atoms with Crippen molar-refractivity contribution in [3.63, 3.8) is 0 Å². The van der Waals surface area contributed by atoms with E-state index in [1.165, 1.54) is 10.8 Å². The third-order valence-electron chi connectivity index (χ3n) is 2.50. The number of aryl methyl sites for hydroxylation is 2. The SMILES string of the molecule is O=c1[nH]ccn(CCc2ccccc2Cl)c1=O. The van der Waals surface area contributed by atoms with Crippen LogP contribution in [0.3, 0.4) is 0 Å². The van der Waals surface area contributed by atoms with E-state index >= 15 is 0 Å². The number of hydrogen-bond donors (Lipinski definition) is 1. The first-order valence-corrected chi connectivity index (χ1v) is 5.58. The van der Waals surface area contributed by atoms with Gasteiger partial charge in [-0.2, -0.15) is 0 Å². The topological polar surface area (TPSA) is 54.9 Å². The van der Waals surface area contributed by atoms with Crippen molar-refractivity contribution in [3.05, 3.63) is 68.0 Å². The second-order valence-electron chi connectivity index (χ2n) is 3.63. The van der Waals surface area contributed by atoms with Gasteiger partial charge in [-0.05, 0) is 18.1 Å². The summed E-state index contributed by atoms with van der Waals surface area (Å²) in [4.78, 5) is 24.9. The van der Waals surface area contributed by atoms with E-state index in [4.69, 9.17) is 11.6 Å². The number of hydrogen-bond acceptors (Lipinski definition) is 2. The summed E-state index contributed by atoms with van der Waals surface area (Å²) in [5.41, 5.74) is -0.187. The first-order valence-electron chi connectivity index (χ1n) is 5.20. The molecule has 0 radical (unpaired) electrons. The summed E-state index contributed by atoms with van der Waals surface area (Å²) in [7, 11) is 0. The van der Waals surface area contributed by atoms with Gasteiger partial charge < -0.3 is 9.55 Å². The predicted octanol–water partition coefficient (Wildman–Crippen LogP) is 1.43. The molecule has 1 heterocycles. The zero-order chi connectivity index (χ0) is 12.3. The van der Waals surface area contributed by atoms with Crippen LogP contribution in [0.4, 0.5) is 0 Å². The lowest BCUT2D eigenvalue weighted by atomic mass is 10.1. The second-order valence-corrected chi connectivity index (χ2v) is 4.04. The van der Waals surface area contributed by atoms with Crippen LogP contribution in [0, 0.1) is 0 Å². The molecule has 0 atom stereocenters. The van der Waals surface area contributed by atoms with Crippen LogP contribution >= 0.6 is 11.6 Å². The molecule has 17 heavy (non-hydrogen) atoms. The lowest BCUT2D eigenvalue weighted by Crippen LogP contribution is -2.35. The van der Waals surface area contributed by atoms with Gasteiger partial charge in [-0.3, -0.25) is 9.59 Å². The third-order valence-corrected chi connectivity index (χ3v) is 2.87. The minimum absolute atomic E-state index is 0.437. The number of benzene rings is 1. The molecular weight excluding hydrogens is 240 g/mol. The van der Waals surface area contributed by atoms with Crippen LogP contribution in [-0.2, 0) is 13.0 Å². The van der Waals surface area contributed by atoms with Crippen molar-refractivity contribution in [2.45, 2.75) is 13.0 Å². The Bertz CT molecular complexity index is 631. The second kappa shape index (κ2) is 5.01. The Balaban J connectivity index is 2.19. The summed E-state index contributed by atoms with van der Waals surface area (Å²) in [5.74, 6) is 0. The molecule has 0 saturated carbocycles. The summed E-state index contributed by atoms with van der Waals surface area (Å²) in [6.45, 7) is 0.437. The van der Waals surface area contributed by atoms with Crippen LogP contribution < -0.4 is 11.1 Å². The Morgan fingerprint density at radius 1 is 1.24 bits per heavy atom. The Morgan fingerprint density at radius 2 is 2.00 bits per heavy atom. The van der Waals surface area contributed by atoms with Crippen LogP contribution in [0.15, 0.2) is 46.2 Å². The smallest absolute Gasteiger partial charge is 0.316 e. The van der Waals surface area contributed by atoms with E-state index in [9.17, 15) is 9.59 Å². The van der Waals surface area contributed by atoms with Crippen LogP contribution in [0.1, 0.15) is 5.56 Å². The molecule has 88 valence electrons. The van der Waals surface area contributed by atoms with Crippen molar-refractivity contribution in [1.82, 2.24) is 9.55 Å². The molecule has 0 fully saturated rings. The highest BCUT2D eigenvalue weighted by Crippen LogP contribution is 2.15. The minimum Gasteiger partial charge on any atom is -0.323 e. The number of nitrogens with zero attached hydrogens (tertiary/aromatic N) is 1. The molecule has 1 aromatic carbocycles. The molecule has 0 aliphatic rings. The average molecular weight is 251 g/mol. The fraction of sp³-hybridized carbons (Fsp3) is 0.167. The number of nitrogens with one attached hydrogen (secondary N) is 1. The highest BCUT2D eigenvalue weighted by Gasteiger charge is 2.02. The molecule has 0 saturated heterocycles. The number of H-pyrrole nitrogens is 1. The zero-order valence-corrected chi connectivity index (χ0v) is 9.78. The van der Waals surface area contributed by atoms with Gasteiger partial charge in [0.15, 0.2) is 0 Å². The maximum absolute atomic E-state index is 11.5. The number of aromatic nitrogens is 2. The first kappa shape index (κ1) is 11.7. The summed E-state index contributed by atoms with van der Waals surface area (Å²) in [6.07, 6.45) is 3.62. The van der Waals surface area contributed by atoms with Gasteiger partial charge in [0.05, 0.1) is 0 Å². The summed E-state index contributed by atoms with van der Waals surface area (Å²) >= 11 is 6.01. The van der Waals surface area contributed by atoms with Crippen LogP contribution in [-0.4, -0.2) is 9.55 Å². The van der Waals surface area contributed by atoms with Crippen LogP contribution in [0.25, 0.3) is 0 Å². The van der Waals surface area contributed by atoms with Crippen molar-refractivity contribution in [2.24, 2.45) is 0 Å². The molecule has 5 heteroatoms. The molecule has 2 aromatic rings. The van der Waals surface area contributed by atoms with Crippen molar-refractivity contribution in [1.29, 1.82) is 0 Å². The molecule has 0 aliphatic carbocycles. The monoisotopic (exact) mass is 250 g/mol. The first-order chi connectivity index (χ1) is 8.18. The minimum atomic E-state index is -0.605. The van der Waals surface area contributed by atoms with E-state index in [1.807, 2.05) is 18.2 Å². The van der Waals surface area contributed by atoms with Gasteiger partial charge in [-0.25, -0.2) is 0 Å². The molecule has 0 aliphatic heterocycles. The largest absolute Gasteiger partial charge is 0.323 e. The van der Waals surface area contributed by atoms with Gasteiger partial charge in [-0.15, -0.1) is 0 Å². The average Bonchev–Trinajstić information content (AvgIpc) is 2.33. The van der Waals surface area contributed by atoms with Gasteiger partial charge in [0.2, 0.25) is 0 Å². The molecule has 0 unspecified atom stereocenters. The van der Waals surface area contributed by atoms with Crippen molar-refractivity contribution in [3.8, 4) is 0 Å². The van der Waals surface area contributed by atoms with E-state index in [2.05, 4.69) is 4.98 Å². The van der Waals surface area contributed by atoms with E-state index in [1.54, 1.807) is 12.3 Å². The van der Waals surface area contributed by atoms with Gasteiger partial charge in [0, 0.05) is 24.0 Å². The van der Waals surface area contributed by atoms with Gasteiger partial charge in [0.1, 0.15) is 0 Å². The van der Waals surface area contributed by atoms with Gasteiger partial charge in [-0.1, -0.05) is 29.8 Å². The summed E-state index contributed by atoms with van der Waals surface area (Å²) in [5, 5.41) is 0.672. The predicted molar refractivity (Wildman–Crippen MR) is 66.5 cm³/mol. The maximum Gasteiger partial charge on any atom is 0.316 e. The standard InChI is InChI=1S/C12H11ClN2O2/c13-10-4-2-1-3-9(10)5-7-15-8-6-14-11(16)12(15)17/h1-4,6,8H,5,7H2,(H,14,16). The summed E-state index contributed by atoms with van der Waals surface area (Å²) in [6, 6.07) is 7.45. The third kappa shape index (κ3) is 2.65. The fourth-order valence-electron chi connectivity index (χ4n) is 1.58. The van der Waals surface area contributed by atoms with Crippen LogP contribution in [0.5, 0.6) is 0 Å². The molecule has 4 nitrogen and oxygen atoms in total. The Hall–Kier alpha value is -1.81. The molecule has 0 bridgehead atoms.